The summed E-state index contributed by atoms with van der Waals surface area (Å²) in [6.07, 6.45) is 5.14. The highest BCUT2D eigenvalue weighted by molar-refractivity contribution is 6.30. The average Bonchev–Trinajstić information content (AvgIpc) is 3.13. The van der Waals surface area contributed by atoms with Crippen LogP contribution in [0.25, 0.3) is 5.69 Å². The summed E-state index contributed by atoms with van der Waals surface area (Å²) in [5.41, 5.74) is 2.34. The molecule has 0 unspecified atom stereocenters. The number of benzene rings is 1. The first kappa shape index (κ1) is 22.8. The summed E-state index contributed by atoms with van der Waals surface area (Å²) in [6, 6.07) is 5.83. The number of aromatic nitrogens is 5. The van der Waals surface area contributed by atoms with Crippen molar-refractivity contribution in [2.75, 3.05) is 18.0 Å². The van der Waals surface area contributed by atoms with Crippen LogP contribution in [-0.2, 0) is 13.1 Å². The molecular weight excluding hydrogens is 472 g/mol. The van der Waals surface area contributed by atoms with E-state index in [4.69, 9.17) is 11.6 Å². The van der Waals surface area contributed by atoms with Gasteiger partial charge < -0.3 is 4.90 Å². The van der Waals surface area contributed by atoms with Gasteiger partial charge >= 0.3 is 0 Å². The van der Waals surface area contributed by atoms with Gasteiger partial charge in [-0.2, -0.15) is 0 Å². The van der Waals surface area contributed by atoms with Crippen molar-refractivity contribution in [1.29, 1.82) is 0 Å². The maximum absolute atomic E-state index is 13.9. The zero-order valence-electron chi connectivity index (χ0n) is 19.9. The maximum atomic E-state index is 13.9. The van der Waals surface area contributed by atoms with Crippen LogP contribution in [0.1, 0.15) is 61.4 Å². The van der Waals surface area contributed by atoms with E-state index in [9.17, 15) is 8.78 Å². The number of hydrogen-bond acceptors (Lipinski definition) is 6. The molecule has 2 fully saturated rings. The summed E-state index contributed by atoms with van der Waals surface area (Å²) in [5, 5.41) is 9.86. The first-order valence-corrected chi connectivity index (χ1v) is 12.5. The van der Waals surface area contributed by atoms with Gasteiger partial charge in [-0.1, -0.05) is 11.6 Å². The molecule has 1 saturated carbocycles. The summed E-state index contributed by atoms with van der Waals surface area (Å²) in [4.78, 5) is 13.3. The fraction of sp³-hybridized carbons (Fsp3) is 0.520. The van der Waals surface area contributed by atoms with Gasteiger partial charge in [-0.05, 0) is 50.5 Å². The lowest BCUT2D eigenvalue weighted by Gasteiger charge is -2.51. The van der Waals surface area contributed by atoms with Crippen molar-refractivity contribution in [3.8, 4) is 5.69 Å². The van der Waals surface area contributed by atoms with Gasteiger partial charge in [0.05, 0.1) is 24.1 Å². The molecule has 0 N–H and O–H groups in total. The summed E-state index contributed by atoms with van der Waals surface area (Å²) in [6.45, 7) is 6.62. The molecule has 1 saturated heterocycles. The van der Waals surface area contributed by atoms with E-state index in [2.05, 4.69) is 34.5 Å². The smallest absolute Gasteiger partial charge is 0.251 e. The first-order valence-electron chi connectivity index (χ1n) is 12.1. The molecule has 3 aliphatic rings. The van der Waals surface area contributed by atoms with E-state index in [1.54, 1.807) is 6.20 Å². The van der Waals surface area contributed by atoms with Gasteiger partial charge in [0, 0.05) is 55.2 Å². The quantitative estimate of drug-likeness (QED) is 0.510. The van der Waals surface area contributed by atoms with E-state index in [-0.39, 0.29) is 18.8 Å². The zero-order valence-corrected chi connectivity index (χ0v) is 20.6. The second kappa shape index (κ2) is 8.20. The molecule has 0 radical (unpaired) electrons. The highest BCUT2D eigenvalue weighted by Gasteiger charge is 2.57. The van der Waals surface area contributed by atoms with Crippen molar-refractivity contribution in [3.05, 3.63) is 58.5 Å². The lowest BCUT2D eigenvalue weighted by atomic mass is 9.73. The van der Waals surface area contributed by atoms with Gasteiger partial charge in [0.1, 0.15) is 11.6 Å². The Morgan fingerprint density at radius 2 is 1.83 bits per heavy atom. The summed E-state index contributed by atoms with van der Waals surface area (Å²) >= 11 is 6.36. The van der Waals surface area contributed by atoms with Gasteiger partial charge in [0.2, 0.25) is 0 Å². The van der Waals surface area contributed by atoms with Crippen LogP contribution in [0.15, 0.2) is 30.6 Å². The first-order chi connectivity index (χ1) is 16.7. The highest BCUT2D eigenvalue weighted by atomic mass is 35.5. The molecule has 7 nitrogen and oxygen atoms in total. The molecule has 35 heavy (non-hydrogen) atoms. The number of aryl methyl sites for hydroxylation is 1. The number of alkyl halides is 2. The summed E-state index contributed by atoms with van der Waals surface area (Å²) < 4.78 is 29.9. The van der Waals surface area contributed by atoms with Gasteiger partial charge in [-0.3, -0.25) is 14.5 Å². The predicted molar refractivity (Wildman–Crippen MR) is 129 cm³/mol. The third-order valence-electron chi connectivity index (χ3n) is 7.70. The number of fused-ring (bicyclic) bond motifs is 3. The van der Waals surface area contributed by atoms with Gasteiger partial charge in [-0.25, -0.2) is 13.8 Å². The molecule has 4 heterocycles. The number of hydrogen-bond donors (Lipinski definition) is 0. The van der Waals surface area contributed by atoms with E-state index < -0.39 is 11.5 Å². The monoisotopic (exact) mass is 499 g/mol. The number of anilines is 1. The minimum atomic E-state index is -2.60. The van der Waals surface area contributed by atoms with Gasteiger partial charge in [-0.15, -0.1) is 10.2 Å². The summed E-state index contributed by atoms with van der Waals surface area (Å²) in [7, 11) is 0. The molecule has 3 aromatic rings. The number of piperidine rings is 1. The zero-order chi connectivity index (χ0) is 24.4. The van der Waals surface area contributed by atoms with E-state index in [1.807, 2.05) is 38.2 Å². The Hall–Kier alpha value is -2.65. The Morgan fingerprint density at radius 3 is 2.54 bits per heavy atom. The van der Waals surface area contributed by atoms with Crippen molar-refractivity contribution >= 4 is 17.4 Å². The highest BCUT2D eigenvalue weighted by Crippen LogP contribution is 2.50. The molecular formula is C25H28ClF2N7. The second-order valence-corrected chi connectivity index (χ2v) is 10.9. The van der Waals surface area contributed by atoms with Crippen molar-refractivity contribution in [3.63, 3.8) is 0 Å². The van der Waals surface area contributed by atoms with Crippen LogP contribution in [0.5, 0.6) is 0 Å². The van der Waals surface area contributed by atoms with Gasteiger partial charge in [0.15, 0.2) is 5.82 Å². The normalized spacial score (nSPS) is 21.7. The van der Waals surface area contributed by atoms with Crippen LogP contribution in [0.3, 0.4) is 0 Å². The minimum Gasteiger partial charge on any atom is -0.355 e. The van der Waals surface area contributed by atoms with E-state index >= 15 is 0 Å². The topological polar surface area (TPSA) is 63.0 Å². The van der Waals surface area contributed by atoms with Crippen LogP contribution in [0, 0.1) is 6.92 Å². The molecule has 0 spiro atoms. The molecule has 6 rings (SSSR count). The van der Waals surface area contributed by atoms with Crippen LogP contribution in [0.2, 0.25) is 5.02 Å². The molecule has 1 aromatic carbocycles. The molecule has 1 aliphatic carbocycles. The lowest BCUT2D eigenvalue weighted by Crippen LogP contribution is -2.59. The molecule has 0 amide bonds. The Morgan fingerprint density at radius 1 is 1.06 bits per heavy atom. The van der Waals surface area contributed by atoms with Crippen LogP contribution >= 0.6 is 11.6 Å². The Labute approximate surface area is 208 Å². The third-order valence-corrected chi connectivity index (χ3v) is 7.93. The Bertz CT molecular complexity index is 1260. The van der Waals surface area contributed by atoms with Gasteiger partial charge in [0.25, 0.3) is 5.92 Å². The predicted octanol–water partition coefficient (Wildman–Crippen LogP) is 4.91. The van der Waals surface area contributed by atoms with Crippen molar-refractivity contribution in [2.24, 2.45) is 0 Å². The van der Waals surface area contributed by atoms with E-state index in [0.717, 1.165) is 60.3 Å². The molecule has 10 heteroatoms. The van der Waals surface area contributed by atoms with Crippen LogP contribution in [-0.4, -0.2) is 54.2 Å². The third kappa shape index (κ3) is 4.08. The standard InChI is InChI=1S/C25H28ClF2N7/c1-16-10-29-11-21(30-16)33-7-5-17(6-8-33)23-32-31-22-13-34(24(2)14-25(27,28)15-24)12-18-9-19(26)3-4-20(18)35(22)23/h3-4,9-11,17H,5-8,12-15H2,1-2H3. The Kier molecular flexibility index (Phi) is 5.34. The molecule has 2 aliphatic heterocycles. The molecule has 0 bridgehead atoms. The molecule has 184 valence electrons. The summed E-state index contributed by atoms with van der Waals surface area (Å²) in [5.74, 6) is 0.273. The van der Waals surface area contributed by atoms with Crippen molar-refractivity contribution in [1.82, 2.24) is 29.6 Å². The number of nitrogens with zero attached hydrogens (tertiary/aromatic N) is 7. The fourth-order valence-corrected chi connectivity index (χ4v) is 6.12. The molecule has 2 aromatic heterocycles. The Balaban J connectivity index is 1.31. The molecule has 0 atom stereocenters. The maximum Gasteiger partial charge on any atom is 0.251 e. The lowest BCUT2D eigenvalue weighted by molar-refractivity contribution is -0.173. The van der Waals surface area contributed by atoms with Crippen LogP contribution in [0.4, 0.5) is 14.6 Å². The van der Waals surface area contributed by atoms with E-state index in [0.29, 0.717) is 18.1 Å². The van der Waals surface area contributed by atoms with E-state index in [1.165, 1.54) is 0 Å². The fourth-order valence-electron chi connectivity index (χ4n) is 5.93. The minimum absolute atomic E-state index is 0.142. The second-order valence-electron chi connectivity index (χ2n) is 10.4. The number of rotatable bonds is 3. The van der Waals surface area contributed by atoms with Crippen molar-refractivity contribution < 1.29 is 8.78 Å². The number of halogens is 3. The largest absolute Gasteiger partial charge is 0.355 e. The average molecular weight is 500 g/mol. The SMILES string of the molecule is Cc1cncc(N2CCC(c3nnc4n3-c3ccc(Cl)cc3CN(C3(C)CC(F)(F)C3)C4)CC2)n1. The van der Waals surface area contributed by atoms with Crippen LogP contribution < -0.4 is 4.90 Å². The van der Waals surface area contributed by atoms with Crippen molar-refractivity contribution in [2.45, 2.75) is 70.0 Å².